The van der Waals surface area contributed by atoms with E-state index in [1.807, 2.05) is 30.3 Å². The number of halogens is 3. The first-order chi connectivity index (χ1) is 13.8. The first-order valence-electron chi connectivity index (χ1n) is 8.75. The average molecular weight is 424 g/mol. The van der Waals surface area contributed by atoms with E-state index >= 15 is 0 Å². The fourth-order valence-electron chi connectivity index (χ4n) is 2.71. The van der Waals surface area contributed by atoms with Gasteiger partial charge in [0.1, 0.15) is 11.5 Å². The molecule has 2 aromatic carbocycles. The Morgan fingerprint density at radius 2 is 1.83 bits per heavy atom. The second-order valence-electron chi connectivity index (χ2n) is 6.36. The summed E-state index contributed by atoms with van der Waals surface area (Å²) in [7, 11) is 0. The number of hydrazine groups is 1. The Balaban J connectivity index is 1.45. The molecule has 154 valence electrons. The third-order valence-electron chi connectivity index (χ3n) is 4.12. The molecule has 0 aliphatic carbocycles. The van der Waals surface area contributed by atoms with Crippen LogP contribution in [0.1, 0.15) is 11.1 Å². The van der Waals surface area contributed by atoms with Crippen molar-refractivity contribution < 1.29 is 22.8 Å². The summed E-state index contributed by atoms with van der Waals surface area (Å²) in [6.07, 6.45) is -3.97. The van der Waals surface area contributed by atoms with Gasteiger partial charge in [0, 0.05) is 5.69 Å². The molecule has 0 radical (unpaired) electrons. The van der Waals surface area contributed by atoms with Crippen LogP contribution in [0.5, 0.6) is 0 Å². The molecular formula is C19H19F3N4O2S. The molecule has 3 rings (SSSR count). The van der Waals surface area contributed by atoms with Gasteiger partial charge in [0.15, 0.2) is 0 Å². The molecule has 1 saturated heterocycles. The highest BCUT2D eigenvalue weighted by molar-refractivity contribution is 8.00. The van der Waals surface area contributed by atoms with Gasteiger partial charge < -0.3 is 10.6 Å². The van der Waals surface area contributed by atoms with Crippen molar-refractivity contribution in [1.29, 1.82) is 0 Å². The molecule has 4 N–H and O–H groups in total. The lowest BCUT2D eigenvalue weighted by atomic mass is 10.1. The number of alkyl halides is 3. The quantitative estimate of drug-likeness (QED) is 0.573. The number of hydrogen-bond acceptors (Lipinski definition) is 5. The normalized spacial score (nSPS) is 19.5. The van der Waals surface area contributed by atoms with Gasteiger partial charge in [0.25, 0.3) is 0 Å². The Morgan fingerprint density at radius 1 is 1.07 bits per heavy atom. The van der Waals surface area contributed by atoms with Crippen molar-refractivity contribution in [2.45, 2.75) is 24.1 Å². The highest BCUT2D eigenvalue weighted by atomic mass is 32.2. The number of thioether (sulfide) groups is 1. The van der Waals surface area contributed by atoms with Crippen LogP contribution in [0.3, 0.4) is 0 Å². The Kier molecular flexibility index (Phi) is 6.78. The minimum absolute atomic E-state index is 0.0563. The summed E-state index contributed by atoms with van der Waals surface area (Å²) in [5.74, 6) is -0.737. The van der Waals surface area contributed by atoms with Gasteiger partial charge in [-0.1, -0.05) is 36.4 Å². The van der Waals surface area contributed by atoms with Crippen LogP contribution in [0.4, 0.5) is 18.9 Å². The van der Waals surface area contributed by atoms with Crippen LogP contribution in [0.25, 0.3) is 0 Å². The number of carbonyl (C=O) groups is 2. The zero-order valence-electron chi connectivity index (χ0n) is 15.1. The standard InChI is InChI=1S/C19H19F3N4O2S/c20-19(21,22)13-7-4-8-14(10-13)23-16(27)11-29-18-24-17(28)15(25-26-18)9-12-5-2-1-3-6-12/h1-8,10,15,18,25-26H,9,11H2,(H,23,27)(H,24,28). The van der Waals surface area contributed by atoms with Gasteiger partial charge in [-0.2, -0.15) is 13.2 Å². The van der Waals surface area contributed by atoms with E-state index in [1.165, 1.54) is 12.1 Å². The van der Waals surface area contributed by atoms with Crippen LogP contribution >= 0.6 is 11.8 Å². The van der Waals surface area contributed by atoms with Crippen molar-refractivity contribution >= 4 is 29.3 Å². The summed E-state index contributed by atoms with van der Waals surface area (Å²) in [5, 5.41) is 5.18. The minimum atomic E-state index is -4.48. The molecule has 2 atom stereocenters. The molecule has 2 amide bonds. The first-order valence-corrected chi connectivity index (χ1v) is 9.80. The lowest BCUT2D eigenvalue weighted by Gasteiger charge is -2.31. The molecule has 6 nitrogen and oxygen atoms in total. The highest BCUT2D eigenvalue weighted by Gasteiger charge is 2.31. The number of benzene rings is 2. The van der Waals surface area contributed by atoms with Crippen LogP contribution in [-0.4, -0.2) is 29.1 Å². The lowest BCUT2D eigenvalue weighted by Crippen LogP contribution is -2.64. The molecule has 1 fully saturated rings. The molecule has 0 aromatic heterocycles. The molecule has 10 heteroatoms. The van der Waals surface area contributed by atoms with E-state index in [0.29, 0.717) is 6.42 Å². The monoisotopic (exact) mass is 424 g/mol. The molecule has 2 aromatic rings. The van der Waals surface area contributed by atoms with E-state index in [9.17, 15) is 22.8 Å². The van der Waals surface area contributed by atoms with E-state index in [-0.39, 0.29) is 17.3 Å². The van der Waals surface area contributed by atoms with Gasteiger partial charge in [-0.15, -0.1) is 11.8 Å². The van der Waals surface area contributed by atoms with Gasteiger partial charge in [-0.05, 0) is 30.2 Å². The summed E-state index contributed by atoms with van der Waals surface area (Å²) < 4.78 is 38.2. The predicted molar refractivity (Wildman–Crippen MR) is 105 cm³/mol. The van der Waals surface area contributed by atoms with Gasteiger partial charge in [-0.3, -0.25) is 9.59 Å². The molecule has 1 aliphatic rings. The van der Waals surface area contributed by atoms with Crippen LogP contribution in [0.15, 0.2) is 54.6 Å². The molecule has 0 saturated carbocycles. The third-order valence-corrected chi connectivity index (χ3v) is 5.11. The van der Waals surface area contributed by atoms with Crippen molar-refractivity contribution in [2.24, 2.45) is 0 Å². The van der Waals surface area contributed by atoms with Crippen molar-refractivity contribution in [1.82, 2.24) is 16.2 Å². The maximum absolute atomic E-state index is 12.7. The van der Waals surface area contributed by atoms with Crippen molar-refractivity contribution in [2.75, 3.05) is 11.1 Å². The number of amides is 2. The SMILES string of the molecule is O=C(CSC1NNC(Cc2ccccc2)C(=O)N1)Nc1cccc(C(F)(F)F)c1. The number of rotatable bonds is 6. The summed E-state index contributed by atoms with van der Waals surface area (Å²) in [6.45, 7) is 0. The van der Waals surface area contributed by atoms with Crippen LogP contribution in [-0.2, 0) is 22.2 Å². The second kappa shape index (κ2) is 9.29. The minimum Gasteiger partial charge on any atom is -0.329 e. The van der Waals surface area contributed by atoms with E-state index in [4.69, 9.17) is 0 Å². The maximum Gasteiger partial charge on any atom is 0.416 e. The largest absolute Gasteiger partial charge is 0.416 e. The number of nitrogens with one attached hydrogen (secondary N) is 4. The average Bonchev–Trinajstić information content (AvgIpc) is 2.69. The lowest BCUT2D eigenvalue weighted by molar-refractivity contribution is -0.137. The van der Waals surface area contributed by atoms with Crippen molar-refractivity contribution in [3.63, 3.8) is 0 Å². The predicted octanol–water partition coefficient (Wildman–Crippen LogP) is 2.50. The highest BCUT2D eigenvalue weighted by Crippen LogP contribution is 2.30. The van der Waals surface area contributed by atoms with Gasteiger partial charge in [0.2, 0.25) is 11.8 Å². The first kappa shape index (κ1) is 21.2. The van der Waals surface area contributed by atoms with Gasteiger partial charge in [-0.25, -0.2) is 10.9 Å². The Bertz CT molecular complexity index is 864. The van der Waals surface area contributed by atoms with E-state index in [0.717, 1.165) is 29.5 Å². The Morgan fingerprint density at radius 3 is 2.52 bits per heavy atom. The number of anilines is 1. The number of carbonyl (C=O) groups excluding carboxylic acids is 2. The van der Waals surface area contributed by atoms with Crippen LogP contribution in [0.2, 0.25) is 0 Å². The molecule has 29 heavy (non-hydrogen) atoms. The molecule has 0 bridgehead atoms. The van der Waals surface area contributed by atoms with Crippen molar-refractivity contribution in [3.8, 4) is 0 Å². The molecule has 1 heterocycles. The second-order valence-corrected chi connectivity index (χ2v) is 7.45. The Labute approximate surface area is 169 Å². The summed E-state index contributed by atoms with van der Waals surface area (Å²) >= 11 is 1.11. The van der Waals surface area contributed by atoms with Gasteiger partial charge >= 0.3 is 6.18 Å². The van der Waals surface area contributed by atoms with Gasteiger partial charge in [0.05, 0.1) is 11.3 Å². The topological polar surface area (TPSA) is 82.3 Å². The Hall–Kier alpha value is -2.56. The maximum atomic E-state index is 12.7. The van der Waals surface area contributed by atoms with Crippen LogP contribution < -0.4 is 21.5 Å². The third kappa shape index (κ3) is 6.21. The van der Waals surface area contributed by atoms with Crippen molar-refractivity contribution in [3.05, 3.63) is 65.7 Å². The summed E-state index contributed by atoms with van der Waals surface area (Å²) in [4.78, 5) is 24.3. The van der Waals surface area contributed by atoms with E-state index < -0.39 is 29.2 Å². The zero-order valence-corrected chi connectivity index (χ0v) is 15.9. The summed E-state index contributed by atoms with van der Waals surface area (Å²) in [6, 6.07) is 13.5. The number of hydrogen-bond donors (Lipinski definition) is 4. The molecular weight excluding hydrogens is 405 g/mol. The van der Waals surface area contributed by atoms with E-state index in [1.54, 1.807) is 0 Å². The zero-order chi connectivity index (χ0) is 20.9. The molecule has 0 spiro atoms. The van der Waals surface area contributed by atoms with Crippen LogP contribution in [0, 0.1) is 0 Å². The fraction of sp³-hybridized carbons (Fsp3) is 0.263. The molecule has 2 unspecified atom stereocenters. The summed E-state index contributed by atoms with van der Waals surface area (Å²) in [5.41, 5.74) is 5.54. The van der Waals surface area contributed by atoms with E-state index in [2.05, 4.69) is 21.5 Å². The fourth-order valence-corrected chi connectivity index (χ4v) is 3.46. The molecule has 1 aliphatic heterocycles. The smallest absolute Gasteiger partial charge is 0.329 e.